The van der Waals surface area contributed by atoms with Crippen molar-refractivity contribution in [1.82, 2.24) is 5.32 Å². The normalized spacial score (nSPS) is 14.5. The van der Waals surface area contributed by atoms with Crippen LogP contribution in [0.5, 0.6) is 0 Å². The van der Waals surface area contributed by atoms with E-state index in [1.807, 2.05) is 12.1 Å². The standard InChI is InChI=1S/C18H21BrN2O4S2.C2HF3O2/c1-25-12-2-11-20-17(22)18(9-10-18)13-3-5-14(6-4-13)21-27(23,24)16-8-7-15(19)26-16;3-2(4,5)1(6)7/h3-8,21H,2,9-12H2,1H3,(H,20,22);(H,6,7). The van der Waals surface area contributed by atoms with Crippen molar-refractivity contribution in [2.24, 2.45) is 0 Å². The summed E-state index contributed by atoms with van der Waals surface area (Å²) < 4.78 is 65.1. The van der Waals surface area contributed by atoms with Gasteiger partial charge in [-0.25, -0.2) is 13.2 Å². The molecule has 1 aliphatic rings. The van der Waals surface area contributed by atoms with Crippen molar-refractivity contribution in [2.45, 2.75) is 35.1 Å². The van der Waals surface area contributed by atoms with Gasteiger partial charge in [0.25, 0.3) is 10.0 Å². The van der Waals surface area contributed by atoms with Gasteiger partial charge in [-0.2, -0.15) is 13.2 Å². The number of amides is 1. The first-order valence-electron chi connectivity index (χ1n) is 9.78. The highest BCUT2D eigenvalue weighted by atomic mass is 79.9. The van der Waals surface area contributed by atoms with Crippen molar-refractivity contribution >= 4 is 54.9 Å². The Kier molecular flexibility index (Phi) is 9.51. The second-order valence-corrected chi connectivity index (χ2v) is 11.6. The number of carbonyl (C=O) groups is 2. The third kappa shape index (κ3) is 7.68. The second kappa shape index (κ2) is 11.5. The van der Waals surface area contributed by atoms with E-state index < -0.39 is 27.6 Å². The number of hydrogen-bond acceptors (Lipinski definition) is 6. The van der Waals surface area contributed by atoms with Gasteiger partial charge in [-0.05, 0) is 65.0 Å². The first-order chi connectivity index (χ1) is 15.8. The third-order valence-corrected chi connectivity index (χ3v) is 8.24. The minimum absolute atomic E-state index is 0.0235. The summed E-state index contributed by atoms with van der Waals surface area (Å²) in [6, 6.07) is 10.3. The van der Waals surface area contributed by atoms with Crippen LogP contribution in [0.3, 0.4) is 0 Å². The van der Waals surface area contributed by atoms with E-state index in [9.17, 15) is 26.4 Å². The molecule has 0 bridgehead atoms. The Hall–Kier alpha value is -2.16. The Morgan fingerprint density at radius 3 is 2.21 bits per heavy atom. The fraction of sp³-hybridized carbons (Fsp3) is 0.400. The number of sulfonamides is 1. The SMILES string of the molecule is COCCCNC(=O)C1(c2ccc(NS(=O)(=O)c3ccc(Br)s3)cc2)CC1.O=C(O)C(F)(F)F. The average Bonchev–Trinajstić information content (AvgIpc) is 3.45. The molecule has 14 heteroatoms. The number of carboxylic acids is 1. The molecule has 3 N–H and O–H groups in total. The molecule has 1 fully saturated rings. The first kappa shape index (κ1) is 28.1. The van der Waals surface area contributed by atoms with Crippen LogP contribution < -0.4 is 10.0 Å². The van der Waals surface area contributed by atoms with Gasteiger partial charge in [0.05, 0.1) is 9.20 Å². The Bertz CT molecular complexity index is 1100. The number of benzene rings is 1. The van der Waals surface area contributed by atoms with Crippen molar-refractivity contribution in [1.29, 1.82) is 0 Å². The molecule has 2 aromatic rings. The minimum atomic E-state index is -5.08. The quantitative estimate of drug-likeness (QED) is 0.380. The lowest BCUT2D eigenvalue weighted by Gasteiger charge is -2.16. The van der Waals surface area contributed by atoms with Crippen LogP contribution in [0, 0.1) is 0 Å². The molecular formula is C20H22BrF3N2O6S2. The van der Waals surface area contributed by atoms with E-state index in [1.54, 1.807) is 31.4 Å². The summed E-state index contributed by atoms with van der Waals surface area (Å²) in [6.07, 6.45) is -2.70. The molecular weight excluding hydrogens is 565 g/mol. The number of carbonyl (C=O) groups excluding carboxylic acids is 1. The van der Waals surface area contributed by atoms with Crippen LogP contribution in [0.2, 0.25) is 0 Å². The zero-order valence-corrected chi connectivity index (χ0v) is 21.0. The van der Waals surface area contributed by atoms with Crippen LogP contribution in [0.25, 0.3) is 0 Å². The number of rotatable bonds is 9. The predicted octanol–water partition coefficient (Wildman–Crippen LogP) is 4.13. The van der Waals surface area contributed by atoms with Crippen LogP contribution in [-0.4, -0.2) is 51.8 Å². The fourth-order valence-corrected chi connectivity index (χ4v) is 5.93. The van der Waals surface area contributed by atoms with Gasteiger partial charge in [0.15, 0.2) is 0 Å². The molecule has 34 heavy (non-hydrogen) atoms. The lowest BCUT2D eigenvalue weighted by molar-refractivity contribution is -0.192. The number of alkyl halides is 3. The van der Waals surface area contributed by atoms with Gasteiger partial charge in [0, 0.05) is 25.9 Å². The largest absolute Gasteiger partial charge is 0.490 e. The van der Waals surface area contributed by atoms with Gasteiger partial charge in [-0.3, -0.25) is 9.52 Å². The maximum atomic E-state index is 12.5. The van der Waals surface area contributed by atoms with E-state index in [0.717, 1.165) is 39.9 Å². The molecule has 1 aromatic heterocycles. The minimum Gasteiger partial charge on any atom is -0.475 e. The monoisotopic (exact) mass is 586 g/mol. The van der Waals surface area contributed by atoms with Gasteiger partial charge in [-0.1, -0.05) is 12.1 Å². The summed E-state index contributed by atoms with van der Waals surface area (Å²) in [4.78, 5) is 21.4. The predicted molar refractivity (Wildman–Crippen MR) is 123 cm³/mol. The van der Waals surface area contributed by atoms with Crippen molar-refractivity contribution in [3.8, 4) is 0 Å². The van der Waals surface area contributed by atoms with Gasteiger partial charge in [0.1, 0.15) is 4.21 Å². The number of anilines is 1. The highest BCUT2D eigenvalue weighted by Gasteiger charge is 2.51. The maximum absolute atomic E-state index is 12.5. The van der Waals surface area contributed by atoms with Gasteiger partial charge in [-0.15, -0.1) is 11.3 Å². The maximum Gasteiger partial charge on any atom is 0.490 e. The molecule has 1 saturated carbocycles. The smallest absolute Gasteiger partial charge is 0.475 e. The van der Waals surface area contributed by atoms with E-state index in [1.165, 1.54) is 0 Å². The summed E-state index contributed by atoms with van der Waals surface area (Å²) in [7, 11) is -1.98. The number of nitrogens with one attached hydrogen (secondary N) is 2. The summed E-state index contributed by atoms with van der Waals surface area (Å²) in [6.45, 7) is 1.20. The topological polar surface area (TPSA) is 122 Å². The Morgan fingerprint density at radius 1 is 1.18 bits per heavy atom. The Morgan fingerprint density at radius 2 is 1.76 bits per heavy atom. The lowest BCUT2D eigenvalue weighted by Crippen LogP contribution is -2.35. The zero-order valence-electron chi connectivity index (χ0n) is 17.8. The van der Waals surface area contributed by atoms with Crippen LogP contribution >= 0.6 is 27.3 Å². The highest BCUT2D eigenvalue weighted by molar-refractivity contribution is 9.11. The number of methoxy groups -OCH3 is 1. The molecule has 1 aliphatic carbocycles. The van der Waals surface area contributed by atoms with Crippen LogP contribution in [-0.2, 0) is 29.8 Å². The molecule has 0 aliphatic heterocycles. The molecule has 0 spiro atoms. The Balaban J connectivity index is 0.000000509. The van der Waals surface area contributed by atoms with Gasteiger partial charge in [0.2, 0.25) is 5.91 Å². The molecule has 3 rings (SSSR count). The Labute approximate surface area is 206 Å². The third-order valence-electron chi connectivity index (χ3n) is 4.74. The summed E-state index contributed by atoms with van der Waals surface area (Å²) in [5.41, 5.74) is 0.899. The lowest BCUT2D eigenvalue weighted by atomic mass is 9.95. The van der Waals surface area contributed by atoms with E-state index in [4.69, 9.17) is 14.6 Å². The molecule has 1 heterocycles. The van der Waals surface area contributed by atoms with E-state index in [0.29, 0.717) is 18.8 Å². The molecule has 8 nitrogen and oxygen atoms in total. The zero-order chi connectivity index (χ0) is 25.6. The van der Waals surface area contributed by atoms with Crippen molar-refractivity contribution < 1.29 is 41.0 Å². The van der Waals surface area contributed by atoms with E-state index in [-0.39, 0.29) is 10.1 Å². The first-order valence-corrected chi connectivity index (χ1v) is 12.9. The number of carboxylic acid groups (broad SMARTS) is 1. The number of thiophene rings is 1. The second-order valence-electron chi connectivity index (χ2n) is 7.23. The van der Waals surface area contributed by atoms with Gasteiger partial charge < -0.3 is 15.2 Å². The summed E-state index contributed by atoms with van der Waals surface area (Å²) in [5, 5.41) is 10.1. The molecule has 0 radical (unpaired) electrons. The molecule has 0 unspecified atom stereocenters. The molecule has 0 saturated heterocycles. The molecule has 188 valence electrons. The molecule has 0 atom stereocenters. The van der Waals surface area contributed by atoms with Crippen molar-refractivity contribution in [3.05, 3.63) is 45.7 Å². The van der Waals surface area contributed by atoms with Crippen molar-refractivity contribution in [3.63, 3.8) is 0 Å². The van der Waals surface area contributed by atoms with Crippen LogP contribution in [0.15, 0.2) is 44.4 Å². The number of aliphatic carboxylic acids is 1. The number of halogens is 4. The molecule has 1 amide bonds. The highest BCUT2D eigenvalue weighted by Crippen LogP contribution is 2.48. The summed E-state index contributed by atoms with van der Waals surface area (Å²) in [5.74, 6) is -2.73. The number of ether oxygens (including phenoxy) is 1. The number of hydrogen-bond donors (Lipinski definition) is 3. The van der Waals surface area contributed by atoms with Gasteiger partial charge >= 0.3 is 12.1 Å². The van der Waals surface area contributed by atoms with E-state index in [2.05, 4.69) is 26.0 Å². The summed E-state index contributed by atoms with van der Waals surface area (Å²) >= 11 is 4.42. The van der Waals surface area contributed by atoms with Crippen LogP contribution in [0.4, 0.5) is 18.9 Å². The fourth-order valence-electron chi connectivity index (χ4n) is 2.86. The van der Waals surface area contributed by atoms with E-state index >= 15 is 0 Å². The van der Waals surface area contributed by atoms with Crippen molar-refractivity contribution in [2.75, 3.05) is 25.0 Å². The van der Waals surface area contributed by atoms with Crippen LogP contribution in [0.1, 0.15) is 24.8 Å². The molecule has 1 aromatic carbocycles. The average molecular weight is 587 g/mol.